The lowest BCUT2D eigenvalue weighted by Crippen LogP contribution is -2.61. The summed E-state index contributed by atoms with van der Waals surface area (Å²) in [6.07, 6.45) is 5.82. The predicted octanol–water partition coefficient (Wildman–Crippen LogP) is 3.66. The molecule has 4 saturated carbocycles. The van der Waals surface area contributed by atoms with Gasteiger partial charge >= 0.3 is 5.97 Å². The van der Waals surface area contributed by atoms with E-state index < -0.39 is 17.5 Å². The Morgan fingerprint density at radius 3 is 2.55 bits per heavy atom. The highest BCUT2D eigenvalue weighted by atomic mass is 16.4. The van der Waals surface area contributed by atoms with E-state index in [-0.39, 0.29) is 47.5 Å². The molecule has 29 heavy (non-hydrogen) atoms. The third kappa shape index (κ3) is 3.18. The molecule has 0 amide bonds. The van der Waals surface area contributed by atoms with Crippen LogP contribution in [0.25, 0.3) is 0 Å². The SMILES string of the molecule is C[C@@H](CCC(=O)O)[C@H]1CC[C@@H]2[C@@H]3[C@H](O)C[C@@H]4C[C@H](O)CC[C@]4(C)[C@@H]3CC(=O)[C@@]21C. The highest BCUT2D eigenvalue weighted by Gasteiger charge is 2.65. The Bertz CT molecular complexity index is 676. The molecule has 0 radical (unpaired) electrons. The van der Waals surface area contributed by atoms with Crippen molar-refractivity contribution in [2.75, 3.05) is 0 Å². The molecule has 4 aliphatic rings. The lowest BCUT2D eigenvalue weighted by molar-refractivity contribution is -0.181. The van der Waals surface area contributed by atoms with Crippen LogP contribution in [-0.2, 0) is 9.59 Å². The molecule has 0 saturated heterocycles. The van der Waals surface area contributed by atoms with Crippen molar-refractivity contribution >= 4 is 11.8 Å². The molecule has 3 N–H and O–H groups in total. The maximum Gasteiger partial charge on any atom is 0.303 e. The van der Waals surface area contributed by atoms with Crippen molar-refractivity contribution < 1.29 is 24.9 Å². The molecule has 4 aliphatic carbocycles. The fraction of sp³-hybridized carbons (Fsp3) is 0.917. The number of hydrogen-bond donors (Lipinski definition) is 3. The summed E-state index contributed by atoms with van der Waals surface area (Å²) in [5.41, 5.74) is -0.398. The number of aliphatic hydroxyl groups excluding tert-OH is 2. The monoisotopic (exact) mass is 406 g/mol. The zero-order valence-electron chi connectivity index (χ0n) is 18.1. The van der Waals surface area contributed by atoms with E-state index in [4.69, 9.17) is 5.11 Å². The zero-order chi connectivity index (χ0) is 21.1. The second-order valence-electron chi connectivity index (χ2n) is 11.2. The summed E-state index contributed by atoms with van der Waals surface area (Å²) in [4.78, 5) is 24.7. The Balaban J connectivity index is 1.62. The third-order valence-corrected chi connectivity index (χ3v) is 10.1. The number of aliphatic carboxylic acids is 1. The van der Waals surface area contributed by atoms with E-state index in [1.54, 1.807) is 0 Å². The van der Waals surface area contributed by atoms with E-state index >= 15 is 0 Å². The summed E-state index contributed by atoms with van der Waals surface area (Å²) >= 11 is 0. The molecule has 0 aromatic rings. The number of aliphatic hydroxyl groups is 2. The van der Waals surface area contributed by atoms with Gasteiger partial charge in [0.05, 0.1) is 12.2 Å². The summed E-state index contributed by atoms with van der Waals surface area (Å²) in [5.74, 6) is 0.855. The number of carboxylic acids is 1. The van der Waals surface area contributed by atoms with Crippen molar-refractivity contribution in [3.8, 4) is 0 Å². The van der Waals surface area contributed by atoms with Gasteiger partial charge in [-0.25, -0.2) is 0 Å². The molecule has 5 nitrogen and oxygen atoms in total. The molecule has 0 heterocycles. The highest BCUT2D eigenvalue weighted by molar-refractivity contribution is 5.87. The molecular formula is C24H38O5. The van der Waals surface area contributed by atoms with Crippen molar-refractivity contribution in [2.45, 2.75) is 90.8 Å². The number of fused-ring (bicyclic) bond motifs is 5. The first-order valence-corrected chi connectivity index (χ1v) is 11.7. The van der Waals surface area contributed by atoms with Crippen LogP contribution in [-0.4, -0.2) is 39.3 Å². The van der Waals surface area contributed by atoms with Crippen molar-refractivity contribution in [3.05, 3.63) is 0 Å². The second-order valence-corrected chi connectivity index (χ2v) is 11.2. The van der Waals surface area contributed by atoms with Crippen LogP contribution in [0.15, 0.2) is 0 Å². The minimum Gasteiger partial charge on any atom is -0.481 e. The third-order valence-electron chi connectivity index (χ3n) is 10.1. The van der Waals surface area contributed by atoms with E-state index in [2.05, 4.69) is 20.8 Å². The molecule has 4 fully saturated rings. The van der Waals surface area contributed by atoms with Crippen LogP contribution >= 0.6 is 0 Å². The first-order valence-electron chi connectivity index (χ1n) is 11.7. The number of rotatable bonds is 4. The fourth-order valence-electron chi connectivity index (χ4n) is 8.41. The molecule has 0 bridgehead atoms. The van der Waals surface area contributed by atoms with Gasteiger partial charge in [0, 0.05) is 18.3 Å². The quantitative estimate of drug-likeness (QED) is 0.662. The van der Waals surface area contributed by atoms with E-state index in [1.165, 1.54) is 0 Å². The van der Waals surface area contributed by atoms with Gasteiger partial charge in [0.2, 0.25) is 0 Å². The van der Waals surface area contributed by atoms with Gasteiger partial charge in [0.1, 0.15) is 5.78 Å². The molecule has 0 aromatic carbocycles. The Labute approximate surface area is 174 Å². The molecule has 5 heteroatoms. The van der Waals surface area contributed by atoms with Crippen LogP contribution in [0.5, 0.6) is 0 Å². The standard InChI is InChI=1S/C24H38O5/c1-13(4-7-21(28)29)16-5-6-17-22-18(12-20(27)24(16,17)3)23(2)9-8-15(25)10-14(23)11-19(22)26/h13-19,22,25-26H,4-12H2,1-3H3,(H,28,29)/t13-,14-,15+,16+,17+,18+,19+,22-,23-,24+/m0/s1. The normalized spacial score (nSPS) is 50.4. The summed E-state index contributed by atoms with van der Waals surface area (Å²) in [6, 6.07) is 0. The number of carbonyl (C=O) groups excluding carboxylic acids is 1. The van der Waals surface area contributed by atoms with E-state index in [0.717, 1.165) is 38.5 Å². The van der Waals surface area contributed by atoms with Gasteiger partial charge < -0.3 is 15.3 Å². The number of ketones is 1. The van der Waals surface area contributed by atoms with Crippen LogP contribution in [0.1, 0.15) is 78.6 Å². The molecule has 4 rings (SSSR count). The second kappa shape index (κ2) is 7.33. The molecule has 0 spiro atoms. The molecule has 0 unspecified atom stereocenters. The van der Waals surface area contributed by atoms with Crippen molar-refractivity contribution in [2.24, 2.45) is 46.3 Å². The number of carbonyl (C=O) groups is 2. The number of Topliss-reactive ketones (excluding diaryl/α,β-unsaturated/α-hetero) is 1. The van der Waals surface area contributed by atoms with E-state index in [9.17, 15) is 19.8 Å². The molecule has 10 atom stereocenters. The lowest BCUT2D eigenvalue weighted by atomic mass is 9.43. The van der Waals surface area contributed by atoms with Crippen LogP contribution < -0.4 is 0 Å². The summed E-state index contributed by atoms with van der Waals surface area (Å²) in [6.45, 7) is 6.54. The van der Waals surface area contributed by atoms with E-state index in [0.29, 0.717) is 24.5 Å². The Morgan fingerprint density at radius 2 is 1.86 bits per heavy atom. The van der Waals surface area contributed by atoms with Crippen molar-refractivity contribution in [3.63, 3.8) is 0 Å². The van der Waals surface area contributed by atoms with E-state index in [1.807, 2.05) is 0 Å². The van der Waals surface area contributed by atoms with Gasteiger partial charge in [-0.3, -0.25) is 9.59 Å². The maximum atomic E-state index is 13.6. The Hall–Kier alpha value is -0.940. The van der Waals surface area contributed by atoms with Crippen LogP contribution in [0.3, 0.4) is 0 Å². The molecule has 164 valence electrons. The van der Waals surface area contributed by atoms with Gasteiger partial charge in [-0.05, 0) is 85.9 Å². The highest BCUT2D eigenvalue weighted by Crippen LogP contribution is 2.67. The average Bonchev–Trinajstić information content (AvgIpc) is 3.01. The number of carboxylic acid groups (broad SMARTS) is 1. The van der Waals surface area contributed by atoms with Gasteiger partial charge in [-0.15, -0.1) is 0 Å². The smallest absolute Gasteiger partial charge is 0.303 e. The molecule has 0 aromatic heterocycles. The van der Waals surface area contributed by atoms with Crippen molar-refractivity contribution in [1.29, 1.82) is 0 Å². The van der Waals surface area contributed by atoms with Crippen LogP contribution in [0.2, 0.25) is 0 Å². The first-order chi connectivity index (χ1) is 13.6. The van der Waals surface area contributed by atoms with Crippen molar-refractivity contribution in [1.82, 2.24) is 0 Å². The topological polar surface area (TPSA) is 94.8 Å². The average molecular weight is 407 g/mol. The predicted molar refractivity (Wildman–Crippen MR) is 109 cm³/mol. The largest absolute Gasteiger partial charge is 0.481 e. The maximum absolute atomic E-state index is 13.6. The molecular weight excluding hydrogens is 368 g/mol. The number of hydrogen-bond acceptors (Lipinski definition) is 4. The fourth-order valence-corrected chi connectivity index (χ4v) is 8.41. The first kappa shape index (κ1) is 21.3. The molecule has 0 aliphatic heterocycles. The Morgan fingerprint density at radius 1 is 1.14 bits per heavy atom. The van der Waals surface area contributed by atoms with Gasteiger partial charge in [0.25, 0.3) is 0 Å². The minimum absolute atomic E-state index is 0.0348. The summed E-state index contributed by atoms with van der Waals surface area (Å²) < 4.78 is 0. The summed E-state index contributed by atoms with van der Waals surface area (Å²) in [7, 11) is 0. The Kier molecular flexibility index (Phi) is 5.39. The summed E-state index contributed by atoms with van der Waals surface area (Å²) in [5, 5.41) is 30.5. The van der Waals surface area contributed by atoms with Crippen LogP contribution in [0.4, 0.5) is 0 Å². The van der Waals surface area contributed by atoms with Gasteiger partial charge in [-0.2, -0.15) is 0 Å². The zero-order valence-corrected chi connectivity index (χ0v) is 18.1. The van der Waals surface area contributed by atoms with Gasteiger partial charge in [0.15, 0.2) is 0 Å². The minimum atomic E-state index is -0.771. The lowest BCUT2D eigenvalue weighted by Gasteiger charge is -2.61. The van der Waals surface area contributed by atoms with Gasteiger partial charge in [-0.1, -0.05) is 20.8 Å². The van der Waals surface area contributed by atoms with Crippen LogP contribution in [0, 0.1) is 46.3 Å².